The molecule has 0 heterocycles. The summed E-state index contributed by atoms with van der Waals surface area (Å²) in [7, 11) is 0. The molecule has 0 unspecified atom stereocenters. The van der Waals surface area contributed by atoms with Crippen LogP contribution in [0.2, 0.25) is 0 Å². The average Bonchev–Trinajstić information content (AvgIpc) is 2.27. The minimum Gasteiger partial charge on any atom is -0.368 e. The molecule has 0 aromatic carbocycles. The van der Waals surface area contributed by atoms with Crippen molar-refractivity contribution < 1.29 is 9.59 Å². The van der Waals surface area contributed by atoms with E-state index in [2.05, 4.69) is 5.32 Å². The molecule has 0 bridgehead atoms. The number of hydrogen-bond acceptors (Lipinski definition) is 3. The van der Waals surface area contributed by atoms with E-state index in [1.54, 1.807) is 0 Å². The van der Waals surface area contributed by atoms with E-state index in [4.69, 9.17) is 11.5 Å². The summed E-state index contributed by atoms with van der Waals surface area (Å²) in [5.74, 6) is 0.496. The molecule has 1 aliphatic rings. The predicted octanol–water partition coefficient (Wildman–Crippen LogP) is -0.257. The van der Waals surface area contributed by atoms with Gasteiger partial charge in [-0.15, -0.1) is 0 Å². The maximum absolute atomic E-state index is 11.4. The quantitative estimate of drug-likeness (QED) is 0.603. The van der Waals surface area contributed by atoms with Crippen LogP contribution in [0.1, 0.15) is 32.1 Å². The summed E-state index contributed by atoms with van der Waals surface area (Å²) in [6, 6.07) is 0. The SMILES string of the molecule is NCC1CCC(CC(=O)NCC(N)=O)CC1. The lowest BCUT2D eigenvalue weighted by Gasteiger charge is -2.27. The molecule has 16 heavy (non-hydrogen) atoms. The molecule has 1 saturated carbocycles. The number of carbonyl (C=O) groups is 2. The third-order valence-electron chi connectivity index (χ3n) is 3.23. The number of nitrogens with two attached hydrogens (primary N) is 2. The number of amides is 2. The highest BCUT2D eigenvalue weighted by molar-refractivity contribution is 5.83. The van der Waals surface area contributed by atoms with Crippen LogP contribution in [-0.2, 0) is 9.59 Å². The maximum Gasteiger partial charge on any atom is 0.236 e. The highest BCUT2D eigenvalue weighted by Gasteiger charge is 2.22. The number of carbonyl (C=O) groups excluding carboxylic acids is 2. The van der Waals surface area contributed by atoms with E-state index in [-0.39, 0.29) is 12.5 Å². The molecular formula is C11H21N3O2. The van der Waals surface area contributed by atoms with Crippen LogP contribution in [0.4, 0.5) is 0 Å². The molecule has 0 aromatic heterocycles. The van der Waals surface area contributed by atoms with Gasteiger partial charge in [0.05, 0.1) is 6.54 Å². The molecule has 0 aromatic rings. The third-order valence-corrected chi connectivity index (χ3v) is 3.23. The van der Waals surface area contributed by atoms with Gasteiger partial charge in [-0.3, -0.25) is 9.59 Å². The standard InChI is InChI=1S/C11H21N3O2/c12-6-9-3-1-8(2-4-9)5-11(16)14-7-10(13)15/h8-9H,1-7,12H2,(H2,13,15)(H,14,16). The Morgan fingerprint density at radius 3 is 2.19 bits per heavy atom. The van der Waals surface area contributed by atoms with Gasteiger partial charge in [-0.1, -0.05) is 0 Å². The first-order valence-electron chi connectivity index (χ1n) is 5.87. The van der Waals surface area contributed by atoms with Crippen LogP contribution in [0.5, 0.6) is 0 Å². The fourth-order valence-corrected chi connectivity index (χ4v) is 2.19. The lowest BCUT2D eigenvalue weighted by Crippen LogP contribution is -2.34. The van der Waals surface area contributed by atoms with Gasteiger partial charge < -0.3 is 16.8 Å². The van der Waals surface area contributed by atoms with E-state index in [0.29, 0.717) is 18.3 Å². The van der Waals surface area contributed by atoms with Gasteiger partial charge in [0.25, 0.3) is 0 Å². The normalized spacial score (nSPS) is 25.1. The molecule has 0 spiro atoms. The minimum absolute atomic E-state index is 0.0586. The molecule has 2 amide bonds. The number of hydrogen-bond donors (Lipinski definition) is 3. The van der Waals surface area contributed by atoms with Gasteiger partial charge in [0.15, 0.2) is 0 Å². The molecule has 5 heteroatoms. The van der Waals surface area contributed by atoms with Crippen LogP contribution >= 0.6 is 0 Å². The Balaban J connectivity index is 2.18. The summed E-state index contributed by atoms with van der Waals surface area (Å²) in [5, 5.41) is 2.52. The molecule has 5 nitrogen and oxygen atoms in total. The van der Waals surface area contributed by atoms with Crippen molar-refractivity contribution in [2.75, 3.05) is 13.1 Å². The van der Waals surface area contributed by atoms with Crippen molar-refractivity contribution in [1.82, 2.24) is 5.32 Å². The van der Waals surface area contributed by atoms with Gasteiger partial charge in [0.2, 0.25) is 11.8 Å². The smallest absolute Gasteiger partial charge is 0.236 e. The largest absolute Gasteiger partial charge is 0.368 e. The minimum atomic E-state index is -0.500. The summed E-state index contributed by atoms with van der Waals surface area (Å²) >= 11 is 0. The van der Waals surface area contributed by atoms with Crippen molar-refractivity contribution in [3.63, 3.8) is 0 Å². The van der Waals surface area contributed by atoms with Gasteiger partial charge in [0, 0.05) is 6.42 Å². The van der Waals surface area contributed by atoms with Crippen LogP contribution in [-0.4, -0.2) is 24.9 Å². The predicted molar refractivity (Wildman–Crippen MR) is 61.3 cm³/mol. The molecule has 5 N–H and O–H groups in total. The second kappa shape index (κ2) is 6.48. The fraction of sp³-hybridized carbons (Fsp3) is 0.818. The average molecular weight is 227 g/mol. The number of nitrogens with one attached hydrogen (secondary N) is 1. The highest BCUT2D eigenvalue weighted by Crippen LogP contribution is 2.29. The van der Waals surface area contributed by atoms with E-state index in [0.717, 1.165) is 32.2 Å². The van der Waals surface area contributed by atoms with Crippen LogP contribution in [0, 0.1) is 11.8 Å². The van der Waals surface area contributed by atoms with Crippen LogP contribution in [0.15, 0.2) is 0 Å². The molecule has 0 saturated heterocycles. The van der Waals surface area contributed by atoms with Gasteiger partial charge in [0.1, 0.15) is 0 Å². The molecular weight excluding hydrogens is 206 g/mol. The third kappa shape index (κ3) is 4.61. The van der Waals surface area contributed by atoms with Crippen molar-refractivity contribution in [2.24, 2.45) is 23.3 Å². The monoisotopic (exact) mass is 227 g/mol. The highest BCUT2D eigenvalue weighted by atomic mass is 16.2. The van der Waals surface area contributed by atoms with Crippen molar-refractivity contribution in [2.45, 2.75) is 32.1 Å². The Hall–Kier alpha value is -1.10. The topological polar surface area (TPSA) is 98.2 Å². The summed E-state index contributed by atoms with van der Waals surface area (Å²) in [4.78, 5) is 21.9. The first-order chi connectivity index (χ1) is 7.61. The molecule has 0 aliphatic heterocycles. The molecule has 92 valence electrons. The number of primary amides is 1. The molecule has 1 rings (SSSR count). The Morgan fingerprint density at radius 1 is 1.12 bits per heavy atom. The lowest BCUT2D eigenvalue weighted by molar-refractivity contribution is -0.125. The van der Waals surface area contributed by atoms with Crippen molar-refractivity contribution >= 4 is 11.8 Å². The van der Waals surface area contributed by atoms with E-state index < -0.39 is 5.91 Å². The van der Waals surface area contributed by atoms with Crippen molar-refractivity contribution in [3.8, 4) is 0 Å². The van der Waals surface area contributed by atoms with E-state index in [9.17, 15) is 9.59 Å². The fourth-order valence-electron chi connectivity index (χ4n) is 2.19. The van der Waals surface area contributed by atoms with Crippen LogP contribution in [0.3, 0.4) is 0 Å². The Morgan fingerprint density at radius 2 is 1.69 bits per heavy atom. The van der Waals surface area contributed by atoms with Gasteiger partial charge >= 0.3 is 0 Å². The Bertz CT molecular complexity index is 248. The van der Waals surface area contributed by atoms with Crippen LogP contribution in [0.25, 0.3) is 0 Å². The first kappa shape index (κ1) is 13.0. The Labute approximate surface area is 95.9 Å². The summed E-state index contributed by atoms with van der Waals surface area (Å²) in [6.07, 6.45) is 4.86. The van der Waals surface area contributed by atoms with E-state index in [1.165, 1.54) is 0 Å². The zero-order valence-corrected chi connectivity index (χ0v) is 9.58. The van der Waals surface area contributed by atoms with Gasteiger partial charge in [-0.25, -0.2) is 0 Å². The zero-order chi connectivity index (χ0) is 12.0. The van der Waals surface area contributed by atoms with Gasteiger partial charge in [-0.2, -0.15) is 0 Å². The molecule has 0 radical (unpaired) electrons. The van der Waals surface area contributed by atoms with Crippen LogP contribution < -0.4 is 16.8 Å². The second-order valence-electron chi connectivity index (χ2n) is 4.57. The number of rotatable bonds is 5. The zero-order valence-electron chi connectivity index (χ0n) is 9.58. The van der Waals surface area contributed by atoms with E-state index >= 15 is 0 Å². The summed E-state index contributed by atoms with van der Waals surface area (Å²) in [5.41, 5.74) is 10.5. The van der Waals surface area contributed by atoms with Gasteiger partial charge in [-0.05, 0) is 44.1 Å². The van der Waals surface area contributed by atoms with Crippen molar-refractivity contribution in [1.29, 1.82) is 0 Å². The second-order valence-corrected chi connectivity index (χ2v) is 4.57. The first-order valence-corrected chi connectivity index (χ1v) is 5.87. The summed E-state index contributed by atoms with van der Waals surface area (Å²) < 4.78 is 0. The van der Waals surface area contributed by atoms with Crippen molar-refractivity contribution in [3.05, 3.63) is 0 Å². The molecule has 0 atom stereocenters. The molecule has 1 aliphatic carbocycles. The summed E-state index contributed by atoms with van der Waals surface area (Å²) in [6.45, 7) is 0.692. The Kier molecular flexibility index (Phi) is 5.25. The lowest BCUT2D eigenvalue weighted by atomic mass is 9.80. The molecule has 1 fully saturated rings. The maximum atomic E-state index is 11.4. The van der Waals surface area contributed by atoms with E-state index in [1.807, 2.05) is 0 Å².